The molecule has 2 amide bonds. The molecule has 1 fully saturated rings. The lowest BCUT2D eigenvalue weighted by molar-refractivity contribution is -0.137. The molecule has 32 heavy (non-hydrogen) atoms. The number of hydrogen-bond donors (Lipinski definition) is 2. The number of anilines is 2. The highest BCUT2D eigenvalue weighted by atomic mass is 32.2. The molecule has 2 aromatic carbocycles. The van der Waals surface area contributed by atoms with E-state index in [0.29, 0.717) is 18.9 Å². The Balaban J connectivity index is 1.96. The van der Waals surface area contributed by atoms with Gasteiger partial charge >= 0.3 is 6.18 Å². The molecule has 0 radical (unpaired) electrons. The number of rotatable bonds is 5. The van der Waals surface area contributed by atoms with Gasteiger partial charge in [-0.3, -0.25) is 9.59 Å². The van der Waals surface area contributed by atoms with Crippen molar-refractivity contribution in [2.24, 2.45) is 0 Å². The van der Waals surface area contributed by atoms with Gasteiger partial charge in [0.15, 0.2) is 0 Å². The second-order valence-electron chi connectivity index (χ2n) is 7.15. The van der Waals surface area contributed by atoms with Crippen molar-refractivity contribution in [1.29, 1.82) is 0 Å². The van der Waals surface area contributed by atoms with Crippen LogP contribution >= 0.6 is 0 Å². The average Bonchev–Trinajstić information content (AvgIpc) is 3.24. The van der Waals surface area contributed by atoms with Crippen LogP contribution in [-0.2, 0) is 21.0 Å². The average molecular weight is 473 g/mol. The number of nitrogens with zero attached hydrogens (tertiary/aromatic N) is 1. The van der Waals surface area contributed by atoms with Crippen LogP contribution in [0.4, 0.5) is 28.9 Å². The normalized spacial score (nSPS) is 14.9. The summed E-state index contributed by atoms with van der Waals surface area (Å²) in [4.78, 5) is 23.4. The van der Waals surface area contributed by atoms with Gasteiger partial charge in [0.2, 0.25) is 15.9 Å². The minimum absolute atomic E-state index is 0.0918. The van der Waals surface area contributed by atoms with Crippen molar-refractivity contribution >= 4 is 33.2 Å². The molecule has 2 N–H and O–H groups in total. The van der Waals surface area contributed by atoms with E-state index in [1.54, 1.807) is 0 Å². The number of hydrogen-bond acceptors (Lipinski definition) is 4. The van der Waals surface area contributed by atoms with Crippen LogP contribution in [0.25, 0.3) is 0 Å². The summed E-state index contributed by atoms with van der Waals surface area (Å²) >= 11 is 0. The predicted molar refractivity (Wildman–Crippen MR) is 108 cm³/mol. The third kappa shape index (κ3) is 5.07. The fourth-order valence-corrected chi connectivity index (χ4v) is 4.83. The van der Waals surface area contributed by atoms with Crippen molar-refractivity contribution in [3.8, 4) is 0 Å². The van der Waals surface area contributed by atoms with Gasteiger partial charge in [-0.1, -0.05) is 0 Å². The van der Waals surface area contributed by atoms with Gasteiger partial charge < -0.3 is 10.6 Å². The molecule has 1 aliphatic rings. The third-order valence-electron chi connectivity index (χ3n) is 4.78. The summed E-state index contributed by atoms with van der Waals surface area (Å²) < 4.78 is 80.1. The van der Waals surface area contributed by atoms with Crippen LogP contribution in [0.5, 0.6) is 0 Å². The lowest BCUT2D eigenvalue weighted by Crippen LogP contribution is -2.29. The maximum absolute atomic E-state index is 14.3. The minimum atomic E-state index is -4.71. The van der Waals surface area contributed by atoms with Gasteiger partial charge in [-0.2, -0.15) is 17.5 Å². The number of benzene rings is 2. The van der Waals surface area contributed by atoms with Crippen LogP contribution in [0.15, 0.2) is 41.3 Å². The maximum atomic E-state index is 14.3. The topological polar surface area (TPSA) is 95.6 Å². The van der Waals surface area contributed by atoms with Gasteiger partial charge in [-0.25, -0.2) is 12.8 Å². The fraction of sp³-hybridized carbons (Fsp3) is 0.300. The lowest BCUT2D eigenvalue weighted by atomic mass is 10.1. The summed E-state index contributed by atoms with van der Waals surface area (Å²) in [5.41, 5.74) is -1.80. The lowest BCUT2D eigenvalue weighted by Gasteiger charge is -2.17. The first-order chi connectivity index (χ1) is 14.9. The van der Waals surface area contributed by atoms with E-state index < -0.39 is 44.3 Å². The molecule has 0 bridgehead atoms. The van der Waals surface area contributed by atoms with Crippen LogP contribution in [0, 0.1) is 5.82 Å². The molecule has 2 aromatic rings. The number of carbonyl (C=O) groups excluding carboxylic acids is 2. The smallest absolute Gasteiger partial charge is 0.325 e. The van der Waals surface area contributed by atoms with E-state index in [4.69, 9.17) is 0 Å². The molecule has 1 aliphatic heterocycles. The van der Waals surface area contributed by atoms with E-state index in [9.17, 15) is 35.6 Å². The molecule has 172 valence electrons. The summed E-state index contributed by atoms with van der Waals surface area (Å²) in [6.45, 7) is 1.59. The van der Waals surface area contributed by atoms with Crippen molar-refractivity contribution < 1.29 is 35.6 Å². The molecule has 1 saturated heterocycles. The first kappa shape index (κ1) is 23.7. The quantitative estimate of drug-likeness (QED) is 0.645. The summed E-state index contributed by atoms with van der Waals surface area (Å²) in [6.07, 6.45) is -3.45. The Morgan fingerprint density at radius 1 is 0.969 bits per heavy atom. The molecule has 7 nitrogen and oxygen atoms in total. The number of halogens is 4. The molecule has 3 rings (SSSR count). The van der Waals surface area contributed by atoms with Crippen LogP contribution in [0.1, 0.15) is 35.7 Å². The molecule has 0 aliphatic carbocycles. The van der Waals surface area contributed by atoms with E-state index in [1.807, 2.05) is 0 Å². The summed E-state index contributed by atoms with van der Waals surface area (Å²) in [6, 6.07) is 5.00. The second-order valence-corrected chi connectivity index (χ2v) is 9.06. The monoisotopic (exact) mass is 473 g/mol. The Kier molecular flexibility index (Phi) is 6.56. The second kappa shape index (κ2) is 8.87. The van der Waals surface area contributed by atoms with Crippen molar-refractivity contribution in [3.05, 3.63) is 53.3 Å². The van der Waals surface area contributed by atoms with Crippen molar-refractivity contribution in [2.45, 2.75) is 30.8 Å². The third-order valence-corrected chi connectivity index (χ3v) is 6.70. The van der Waals surface area contributed by atoms with Gasteiger partial charge in [0.25, 0.3) is 5.91 Å². The zero-order valence-electron chi connectivity index (χ0n) is 16.8. The van der Waals surface area contributed by atoms with Gasteiger partial charge in [0, 0.05) is 25.6 Å². The molecule has 0 atom stereocenters. The Morgan fingerprint density at radius 3 is 2.22 bits per heavy atom. The number of alkyl halides is 3. The number of carbonyl (C=O) groups is 2. The van der Waals surface area contributed by atoms with Gasteiger partial charge in [0.1, 0.15) is 10.7 Å². The SMILES string of the molecule is CC(=O)Nc1ccc(C(F)(F)F)cc1NC(=O)c1ccc(F)c(S(=O)(=O)N2CCCC2)c1. The zero-order valence-corrected chi connectivity index (χ0v) is 17.6. The van der Waals surface area contributed by atoms with Gasteiger partial charge in [0.05, 0.1) is 16.9 Å². The molecule has 12 heteroatoms. The first-order valence-corrected chi connectivity index (χ1v) is 10.9. The minimum Gasteiger partial charge on any atom is -0.325 e. The highest BCUT2D eigenvalue weighted by Gasteiger charge is 2.32. The summed E-state index contributed by atoms with van der Waals surface area (Å²) in [5, 5.41) is 4.53. The Morgan fingerprint density at radius 2 is 1.62 bits per heavy atom. The molecule has 0 spiro atoms. The van der Waals surface area contributed by atoms with E-state index in [1.165, 1.54) is 0 Å². The Hall–Kier alpha value is -2.99. The largest absolute Gasteiger partial charge is 0.416 e. The highest BCUT2D eigenvalue weighted by molar-refractivity contribution is 7.89. The molecule has 0 aromatic heterocycles. The van der Waals surface area contributed by atoms with Crippen LogP contribution in [0.3, 0.4) is 0 Å². The Bertz CT molecular complexity index is 1160. The van der Waals surface area contributed by atoms with Crippen LogP contribution in [0.2, 0.25) is 0 Å². The predicted octanol–water partition coefficient (Wildman–Crippen LogP) is 3.84. The molecular weight excluding hydrogens is 454 g/mol. The van der Waals surface area contributed by atoms with Crippen LogP contribution < -0.4 is 10.6 Å². The maximum Gasteiger partial charge on any atom is 0.416 e. The van der Waals surface area contributed by atoms with E-state index in [2.05, 4.69) is 10.6 Å². The number of nitrogens with one attached hydrogen (secondary N) is 2. The fourth-order valence-electron chi connectivity index (χ4n) is 3.23. The van der Waals surface area contributed by atoms with E-state index in [-0.39, 0.29) is 30.0 Å². The van der Waals surface area contributed by atoms with Gasteiger partial charge in [-0.05, 0) is 49.2 Å². The molecule has 1 heterocycles. The number of amides is 2. The van der Waals surface area contributed by atoms with Crippen molar-refractivity contribution in [2.75, 3.05) is 23.7 Å². The standard InChI is InChI=1S/C20H19F4N3O4S/c1-12(28)25-16-7-5-14(20(22,23)24)11-17(16)26-19(29)13-4-6-15(21)18(10-13)32(30,31)27-8-2-3-9-27/h4-7,10-11H,2-3,8-9H2,1H3,(H,25,28)(H,26,29). The molecule has 0 saturated carbocycles. The van der Waals surface area contributed by atoms with Crippen molar-refractivity contribution in [3.63, 3.8) is 0 Å². The molecule has 0 unspecified atom stereocenters. The van der Waals surface area contributed by atoms with Crippen molar-refractivity contribution in [1.82, 2.24) is 4.31 Å². The van der Waals surface area contributed by atoms with E-state index in [0.717, 1.165) is 41.6 Å². The molecular formula is C20H19F4N3O4S. The summed E-state index contributed by atoms with van der Waals surface area (Å²) in [7, 11) is -4.18. The summed E-state index contributed by atoms with van der Waals surface area (Å²) in [5.74, 6) is -2.61. The highest BCUT2D eigenvalue weighted by Crippen LogP contribution is 2.34. The Labute approximate surface area is 181 Å². The van der Waals surface area contributed by atoms with Gasteiger partial charge in [-0.15, -0.1) is 0 Å². The van der Waals surface area contributed by atoms with Crippen LogP contribution in [-0.4, -0.2) is 37.6 Å². The zero-order chi connectivity index (χ0) is 23.7. The number of sulfonamides is 1. The van der Waals surface area contributed by atoms with E-state index >= 15 is 0 Å². The first-order valence-electron chi connectivity index (χ1n) is 9.49.